The van der Waals surface area contributed by atoms with Gasteiger partial charge < -0.3 is 15.4 Å². The molecule has 2 atom stereocenters. The van der Waals surface area contributed by atoms with Crippen LogP contribution in [0.5, 0.6) is 5.75 Å². The van der Waals surface area contributed by atoms with Gasteiger partial charge in [0.25, 0.3) is 5.91 Å². The van der Waals surface area contributed by atoms with Crippen molar-refractivity contribution in [3.8, 4) is 5.75 Å². The average Bonchev–Trinajstić information content (AvgIpc) is 3.06. The van der Waals surface area contributed by atoms with Gasteiger partial charge >= 0.3 is 6.18 Å². The summed E-state index contributed by atoms with van der Waals surface area (Å²) in [4.78, 5) is 27.8. The Hall–Kier alpha value is -3.40. The predicted molar refractivity (Wildman–Crippen MR) is 119 cm³/mol. The smallest absolute Gasteiger partial charge is 0.419 e. The van der Waals surface area contributed by atoms with E-state index in [0.29, 0.717) is 19.4 Å². The Morgan fingerprint density at radius 1 is 1.18 bits per heavy atom. The van der Waals surface area contributed by atoms with Crippen molar-refractivity contribution in [2.75, 3.05) is 26.7 Å². The fourth-order valence-corrected chi connectivity index (χ4v) is 4.53. The molecule has 0 bridgehead atoms. The Morgan fingerprint density at radius 3 is 2.56 bits per heavy atom. The van der Waals surface area contributed by atoms with Crippen LogP contribution in [0.15, 0.2) is 59.7 Å². The number of rotatable bonds is 6. The van der Waals surface area contributed by atoms with Gasteiger partial charge in [0.05, 0.1) is 11.3 Å². The number of likely N-dealkylation sites (tertiary alicyclic amines) is 1. The fourth-order valence-electron chi connectivity index (χ4n) is 4.53. The zero-order valence-electron chi connectivity index (χ0n) is 18.6. The van der Waals surface area contributed by atoms with E-state index in [-0.39, 0.29) is 18.2 Å². The number of fused-ring (bicyclic) bond motifs is 1. The lowest BCUT2D eigenvalue weighted by Gasteiger charge is -2.40. The average molecular weight is 474 g/mol. The largest absolute Gasteiger partial charge is 0.491 e. The minimum Gasteiger partial charge on any atom is -0.491 e. The van der Waals surface area contributed by atoms with Crippen molar-refractivity contribution in [1.82, 2.24) is 9.91 Å². The molecule has 2 unspecified atom stereocenters. The number of piperidine rings is 1. The van der Waals surface area contributed by atoms with Gasteiger partial charge in [0, 0.05) is 26.6 Å². The number of carbonyl (C=O) groups is 2. The summed E-state index contributed by atoms with van der Waals surface area (Å²) in [7, 11) is 1.59. The lowest BCUT2D eigenvalue weighted by Crippen LogP contribution is -2.58. The van der Waals surface area contributed by atoms with Crippen LogP contribution in [-0.2, 0) is 22.2 Å². The van der Waals surface area contributed by atoms with Crippen LogP contribution in [-0.4, -0.2) is 60.2 Å². The van der Waals surface area contributed by atoms with Crippen LogP contribution < -0.4 is 10.5 Å². The third kappa shape index (κ3) is 4.50. The summed E-state index contributed by atoms with van der Waals surface area (Å²) < 4.78 is 44.9. The van der Waals surface area contributed by atoms with Gasteiger partial charge in [-0.3, -0.25) is 9.59 Å². The number of benzene rings is 2. The third-order valence-corrected chi connectivity index (χ3v) is 6.19. The molecule has 0 radical (unpaired) electrons. The summed E-state index contributed by atoms with van der Waals surface area (Å²) in [5, 5.41) is 5.72. The molecule has 0 saturated carbocycles. The molecule has 1 fully saturated rings. The quantitative estimate of drug-likeness (QED) is 0.698. The highest BCUT2D eigenvalue weighted by Crippen LogP contribution is 2.38. The third-order valence-electron chi connectivity index (χ3n) is 6.19. The van der Waals surface area contributed by atoms with Crippen LogP contribution in [0.1, 0.15) is 17.5 Å². The number of halogens is 3. The number of carbonyl (C=O) groups excluding carboxylic acids is 2. The maximum absolute atomic E-state index is 13.2. The Balaban J connectivity index is 1.49. The van der Waals surface area contributed by atoms with E-state index in [1.807, 2.05) is 30.3 Å². The highest BCUT2D eigenvalue weighted by molar-refractivity contribution is 6.13. The van der Waals surface area contributed by atoms with E-state index < -0.39 is 35.7 Å². The van der Waals surface area contributed by atoms with Crippen molar-refractivity contribution in [2.24, 2.45) is 16.3 Å². The van der Waals surface area contributed by atoms with Crippen molar-refractivity contribution in [2.45, 2.75) is 25.1 Å². The number of amides is 2. The van der Waals surface area contributed by atoms with E-state index in [4.69, 9.17) is 10.5 Å². The van der Waals surface area contributed by atoms with Gasteiger partial charge in [-0.05, 0) is 24.1 Å². The number of ether oxygens (including phenoxy) is 1. The minimum absolute atomic E-state index is 0.0928. The van der Waals surface area contributed by atoms with Gasteiger partial charge in [0.15, 0.2) is 0 Å². The van der Waals surface area contributed by atoms with E-state index in [1.54, 1.807) is 7.05 Å². The van der Waals surface area contributed by atoms with Crippen molar-refractivity contribution in [3.05, 3.63) is 65.7 Å². The van der Waals surface area contributed by atoms with Crippen LogP contribution in [0.2, 0.25) is 0 Å². The molecular weight excluding hydrogens is 449 g/mol. The summed E-state index contributed by atoms with van der Waals surface area (Å²) in [6.07, 6.45) is -3.81. The van der Waals surface area contributed by atoms with E-state index >= 15 is 0 Å². The van der Waals surface area contributed by atoms with Gasteiger partial charge in [-0.25, -0.2) is 5.01 Å². The second-order valence-corrected chi connectivity index (χ2v) is 8.54. The van der Waals surface area contributed by atoms with E-state index in [9.17, 15) is 22.8 Å². The molecule has 4 rings (SSSR count). The maximum Gasteiger partial charge on any atom is 0.419 e. The Bertz CT molecular complexity index is 1110. The van der Waals surface area contributed by atoms with Crippen LogP contribution in [0.25, 0.3) is 0 Å². The molecule has 2 aliphatic rings. The maximum atomic E-state index is 13.2. The van der Waals surface area contributed by atoms with Gasteiger partial charge in [-0.15, -0.1) is 0 Å². The van der Waals surface area contributed by atoms with Crippen molar-refractivity contribution in [1.29, 1.82) is 0 Å². The number of hydrogen-bond acceptors (Lipinski definition) is 5. The van der Waals surface area contributed by atoms with E-state index in [2.05, 4.69) is 5.10 Å². The predicted octanol–water partition coefficient (Wildman–Crippen LogP) is 2.70. The summed E-state index contributed by atoms with van der Waals surface area (Å²) in [5.74, 6) is -1.08. The molecule has 0 spiro atoms. The first-order valence-electron chi connectivity index (χ1n) is 10.9. The number of para-hydroxylation sites is 1. The van der Waals surface area contributed by atoms with Crippen LogP contribution in [0, 0.1) is 5.41 Å². The molecule has 2 aliphatic heterocycles. The number of hydrazone groups is 1. The molecule has 10 heteroatoms. The first-order valence-corrected chi connectivity index (χ1v) is 10.9. The molecule has 0 aliphatic carbocycles. The molecule has 1 saturated heterocycles. The SMILES string of the molecule is CN1N=C2CCN(C(=O)C(N)COc3ccccc3C(F)(F)F)CC2(Cc2ccccc2)C1=O. The van der Waals surface area contributed by atoms with Crippen LogP contribution in [0.3, 0.4) is 0 Å². The second-order valence-electron chi connectivity index (χ2n) is 8.54. The number of alkyl halides is 3. The summed E-state index contributed by atoms with van der Waals surface area (Å²) >= 11 is 0. The van der Waals surface area contributed by atoms with Gasteiger partial charge in [-0.2, -0.15) is 18.3 Å². The van der Waals surface area contributed by atoms with Crippen molar-refractivity contribution in [3.63, 3.8) is 0 Å². The Kier molecular flexibility index (Phi) is 6.35. The normalized spacial score (nSPS) is 21.2. The zero-order chi connectivity index (χ0) is 24.5. The molecule has 2 amide bonds. The molecule has 2 aromatic rings. The molecule has 7 nitrogen and oxygen atoms in total. The number of nitrogens with two attached hydrogens (primary N) is 1. The summed E-state index contributed by atoms with van der Waals surface area (Å²) in [6, 6.07) is 13.0. The van der Waals surface area contributed by atoms with Gasteiger partial charge in [-0.1, -0.05) is 42.5 Å². The number of nitrogens with zero attached hydrogens (tertiary/aromatic N) is 3. The lowest BCUT2D eigenvalue weighted by molar-refractivity contribution is -0.140. The molecule has 2 aromatic carbocycles. The Morgan fingerprint density at radius 2 is 1.85 bits per heavy atom. The molecule has 180 valence electrons. The topological polar surface area (TPSA) is 88.2 Å². The fraction of sp³-hybridized carbons (Fsp3) is 0.375. The molecule has 0 aromatic heterocycles. The summed E-state index contributed by atoms with van der Waals surface area (Å²) in [6.45, 7) is -0.0271. The lowest BCUT2D eigenvalue weighted by atomic mass is 9.73. The monoisotopic (exact) mass is 474 g/mol. The molecule has 2 N–H and O–H groups in total. The number of hydrogen-bond donors (Lipinski definition) is 1. The van der Waals surface area contributed by atoms with Crippen molar-refractivity contribution < 1.29 is 27.5 Å². The van der Waals surface area contributed by atoms with Crippen LogP contribution >= 0.6 is 0 Å². The highest BCUT2D eigenvalue weighted by atomic mass is 19.4. The first-order chi connectivity index (χ1) is 16.1. The highest BCUT2D eigenvalue weighted by Gasteiger charge is 2.53. The summed E-state index contributed by atoms with van der Waals surface area (Å²) in [5.41, 5.74) is 5.75. The van der Waals surface area contributed by atoms with Gasteiger partial charge in [0.2, 0.25) is 5.91 Å². The first kappa shape index (κ1) is 23.7. The van der Waals surface area contributed by atoms with Gasteiger partial charge in [0.1, 0.15) is 23.8 Å². The van der Waals surface area contributed by atoms with E-state index in [0.717, 1.165) is 17.3 Å². The molecule has 34 heavy (non-hydrogen) atoms. The standard InChI is InChI=1S/C24H25F3N4O3/c1-30-22(33)23(13-16-7-3-2-4-8-16)15-31(12-11-20(23)29-30)21(32)18(28)14-34-19-10-6-5-9-17(19)24(25,26)27/h2-10,18H,11-15,28H2,1H3. The second kappa shape index (κ2) is 9.09. The Labute approximate surface area is 195 Å². The molecule has 2 heterocycles. The van der Waals surface area contributed by atoms with E-state index in [1.165, 1.54) is 28.1 Å². The zero-order valence-corrected chi connectivity index (χ0v) is 18.6. The van der Waals surface area contributed by atoms with Crippen molar-refractivity contribution >= 4 is 17.5 Å². The minimum atomic E-state index is -4.59. The van der Waals surface area contributed by atoms with Crippen LogP contribution in [0.4, 0.5) is 13.2 Å². The molecular formula is C24H25F3N4O3.